The van der Waals surface area contributed by atoms with Gasteiger partial charge in [0.1, 0.15) is 34.4 Å². The Balaban J connectivity index is 0.945. The van der Waals surface area contributed by atoms with Gasteiger partial charge in [0.05, 0.1) is 48.0 Å². The number of halogens is 4. The van der Waals surface area contributed by atoms with Crippen LogP contribution in [-0.2, 0) is 19.1 Å². The number of amides is 4. The number of likely N-dealkylation sites (tertiary alicyclic amines) is 2. The number of benzene rings is 3. The first-order valence-corrected chi connectivity index (χ1v) is 26.0. The maximum atomic E-state index is 17.1. The van der Waals surface area contributed by atoms with Crippen LogP contribution in [0.1, 0.15) is 88.5 Å². The maximum absolute atomic E-state index is 17.1. The fourth-order valence-corrected chi connectivity index (χ4v) is 11.8. The van der Waals surface area contributed by atoms with E-state index in [2.05, 4.69) is 20.4 Å². The van der Waals surface area contributed by atoms with Gasteiger partial charge in [-0.1, -0.05) is 33.8 Å². The van der Waals surface area contributed by atoms with E-state index in [9.17, 15) is 32.3 Å². The summed E-state index contributed by atoms with van der Waals surface area (Å²) in [5.41, 5.74) is 6.76. The van der Waals surface area contributed by atoms with Crippen LogP contribution >= 0.6 is 11.3 Å². The Kier molecular flexibility index (Phi) is 14.3. The quantitative estimate of drug-likeness (QED) is 0.109. The largest absolute Gasteiger partial charge is 0.573 e. The fraction of sp³-hybridized carbons (Fsp3) is 0.400. The van der Waals surface area contributed by atoms with Gasteiger partial charge in [-0.05, 0) is 114 Å². The molecule has 10 rings (SSSR count). The lowest BCUT2D eigenvalue weighted by atomic mass is 9.95. The maximum Gasteiger partial charge on any atom is 0.573 e. The molecule has 2 N–H and O–H groups in total. The summed E-state index contributed by atoms with van der Waals surface area (Å²) < 4.78 is 78.5. The molecule has 2 aromatic heterocycles. The summed E-state index contributed by atoms with van der Waals surface area (Å²) in [5, 5.41) is 6.68. The van der Waals surface area contributed by atoms with Crippen LogP contribution in [0.25, 0.3) is 43.9 Å². The number of methoxy groups -OCH3 is 2. The molecular formula is C55H56F4N8O8S. The number of carbonyl (C=O) groups excluding carboxylic acids is 4. The van der Waals surface area contributed by atoms with Gasteiger partial charge < -0.3 is 39.4 Å². The van der Waals surface area contributed by atoms with E-state index in [0.29, 0.717) is 59.1 Å². The highest BCUT2D eigenvalue weighted by Crippen LogP contribution is 2.49. The molecule has 4 amide bonds. The lowest BCUT2D eigenvalue weighted by Gasteiger charge is -2.31. The monoisotopic (exact) mass is 1060 g/mol. The molecule has 0 spiro atoms. The summed E-state index contributed by atoms with van der Waals surface area (Å²) in [6.07, 6.45) is 1.87. The van der Waals surface area contributed by atoms with Gasteiger partial charge in [-0.25, -0.2) is 19.0 Å². The SMILES string of the molecule is COC(=O)N[C@H](C(=O)N1CCC[C@H]1C1=NC=C(c2cc(F)c3c(c2)OC(c2cnc(-c4ccc(OC(F)(F)F)cc4)s2)n2c-3cc3cc(C4=CN=C([C@@H]5CCCN5C(=O)[C@@H](NC(=O)OC)C(C)C)C4)ccc32)C1)C(C)C. The number of aromatic nitrogens is 2. The van der Waals surface area contributed by atoms with Gasteiger partial charge in [0.15, 0.2) is 0 Å². The zero-order valence-electron chi connectivity index (χ0n) is 42.6. The highest BCUT2D eigenvalue weighted by atomic mass is 32.1. The molecule has 5 atom stereocenters. The highest BCUT2D eigenvalue weighted by Gasteiger charge is 2.41. The first kappa shape index (κ1) is 51.9. The average Bonchev–Trinajstić information content (AvgIpc) is 4.26. The van der Waals surface area contributed by atoms with E-state index >= 15 is 4.39 Å². The van der Waals surface area contributed by atoms with Crippen molar-refractivity contribution in [3.63, 3.8) is 0 Å². The lowest BCUT2D eigenvalue weighted by Crippen LogP contribution is -2.53. The van der Waals surface area contributed by atoms with Crippen molar-refractivity contribution in [2.24, 2.45) is 21.8 Å². The molecule has 5 aliphatic rings. The number of carbonyl (C=O) groups is 4. The number of ether oxygens (including phenoxy) is 4. The second kappa shape index (κ2) is 20.9. The van der Waals surface area contributed by atoms with Crippen LogP contribution in [0.4, 0.5) is 27.2 Å². The third-order valence-electron chi connectivity index (χ3n) is 14.6. The van der Waals surface area contributed by atoms with Gasteiger partial charge in [0, 0.05) is 66.9 Å². The van der Waals surface area contributed by atoms with Crippen molar-refractivity contribution in [2.75, 3.05) is 27.3 Å². The molecule has 0 aliphatic carbocycles. The number of aliphatic imine (C=N–C) groups is 2. The minimum absolute atomic E-state index is 0.177. The number of alkyl halides is 3. The van der Waals surface area contributed by atoms with Gasteiger partial charge in [0.2, 0.25) is 18.0 Å². The number of hydrogen-bond donors (Lipinski definition) is 2. The van der Waals surface area contributed by atoms with Crippen molar-refractivity contribution in [3.8, 4) is 33.3 Å². The number of allylic oxidation sites excluding steroid dienone is 2. The topological polar surface area (TPSA) is 178 Å². The fourth-order valence-electron chi connectivity index (χ4n) is 10.8. The summed E-state index contributed by atoms with van der Waals surface area (Å²) in [5.74, 6) is -1.42. The van der Waals surface area contributed by atoms with E-state index in [0.717, 1.165) is 58.3 Å². The molecule has 2 fully saturated rings. The summed E-state index contributed by atoms with van der Waals surface area (Å²) in [4.78, 5) is 70.6. The number of nitrogens with one attached hydrogen (secondary N) is 2. The van der Waals surface area contributed by atoms with Crippen molar-refractivity contribution < 1.29 is 55.7 Å². The minimum atomic E-state index is -4.85. The molecule has 2 saturated heterocycles. The summed E-state index contributed by atoms with van der Waals surface area (Å²) in [6, 6.07) is 14.5. The summed E-state index contributed by atoms with van der Waals surface area (Å²) in [6.45, 7) is 8.47. The molecule has 21 heteroatoms. The molecule has 16 nitrogen and oxygen atoms in total. The van der Waals surface area contributed by atoms with Gasteiger partial charge in [-0.15, -0.1) is 24.5 Å². The molecule has 1 unspecified atom stereocenters. The van der Waals surface area contributed by atoms with E-state index in [1.165, 1.54) is 55.9 Å². The molecule has 0 radical (unpaired) electrons. The van der Waals surface area contributed by atoms with Crippen LogP contribution in [0.15, 0.2) is 89.2 Å². The molecule has 0 saturated carbocycles. The molecule has 5 aliphatic heterocycles. The van der Waals surface area contributed by atoms with Crippen LogP contribution in [-0.4, -0.2) is 113 Å². The van der Waals surface area contributed by atoms with Gasteiger partial charge in [-0.3, -0.25) is 24.1 Å². The minimum Gasteiger partial charge on any atom is -0.464 e. The molecule has 5 aromatic rings. The second-order valence-corrected chi connectivity index (χ2v) is 21.2. The average molecular weight is 1070 g/mol. The molecule has 7 heterocycles. The molecule has 3 aromatic carbocycles. The number of hydrogen-bond acceptors (Lipinski definition) is 12. The van der Waals surface area contributed by atoms with Crippen molar-refractivity contribution in [3.05, 3.63) is 101 Å². The molecule has 398 valence electrons. The first-order chi connectivity index (χ1) is 36.4. The Morgan fingerprint density at radius 2 is 1.32 bits per heavy atom. The van der Waals surface area contributed by atoms with Crippen LogP contribution in [0.3, 0.4) is 0 Å². The van der Waals surface area contributed by atoms with Crippen LogP contribution < -0.4 is 20.1 Å². The standard InChI is InChI=1S/C55H56F4N8O8S/c1-28(2)47(63-53(70)72-5)50(68)65-17-7-9-41(65)38-21-34(25-60-38)31-13-16-40-33(19-31)23-43-46-37(56)20-32(35-22-39(61-26-35)42-10-8-18-66(42)51(69)48(29(3)4)64-54(71)73-6)24-44(46)74-52(67(40)43)45-27-62-49(76-45)30-11-14-36(15-12-30)75-55(57,58)59/h11-16,19-20,23-29,41-42,47-48,52H,7-10,17-18,21-22H2,1-6H3,(H,63,70)(H,64,71)/t41-,42-,47-,48-,52?/m0/s1. The Labute approximate surface area is 439 Å². The summed E-state index contributed by atoms with van der Waals surface area (Å²) >= 11 is 1.28. The molecule has 0 bridgehead atoms. The lowest BCUT2D eigenvalue weighted by molar-refractivity contribution is -0.274. The Hall–Kier alpha value is -7.55. The van der Waals surface area contributed by atoms with Crippen molar-refractivity contribution in [1.82, 2.24) is 30.0 Å². The highest BCUT2D eigenvalue weighted by molar-refractivity contribution is 7.15. The van der Waals surface area contributed by atoms with E-state index in [4.69, 9.17) is 24.2 Å². The third-order valence-corrected chi connectivity index (χ3v) is 15.7. The first-order valence-electron chi connectivity index (χ1n) is 25.2. The zero-order valence-corrected chi connectivity index (χ0v) is 43.4. The predicted octanol–water partition coefficient (Wildman–Crippen LogP) is 10.5. The van der Waals surface area contributed by atoms with E-state index < -0.39 is 42.7 Å². The van der Waals surface area contributed by atoms with Gasteiger partial charge in [-0.2, -0.15) is 0 Å². The number of thiazole rings is 1. The number of nitrogens with zero attached hydrogens (tertiary/aromatic N) is 6. The van der Waals surface area contributed by atoms with Crippen molar-refractivity contribution >= 4 is 68.8 Å². The van der Waals surface area contributed by atoms with Crippen LogP contribution in [0, 0.1) is 17.7 Å². The summed E-state index contributed by atoms with van der Waals surface area (Å²) in [7, 11) is 2.51. The zero-order chi connectivity index (χ0) is 53.7. The van der Waals surface area contributed by atoms with E-state index in [-0.39, 0.29) is 52.8 Å². The second-order valence-electron chi connectivity index (χ2n) is 20.1. The predicted molar refractivity (Wildman–Crippen MR) is 278 cm³/mol. The Morgan fingerprint density at radius 1 is 0.750 bits per heavy atom. The third kappa shape index (κ3) is 10.2. The van der Waals surface area contributed by atoms with Crippen molar-refractivity contribution in [1.29, 1.82) is 0 Å². The Morgan fingerprint density at radius 3 is 1.87 bits per heavy atom. The Bertz CT molecular complexity index is 3250. The normalized spacial score (nSPS) is 19.9. The number of fused-ring (bicyclic) bond motifs is 5. The molecular weight excluding hydrogens is 1010 g/mol. The van der Waals surface area contributed by atoms with Crippen molar-refractivity contribution in [2.45, 2.75) is 103 Å². The molecule has 76 heavy (non-hydrogen) atoms. The van der Waals surface area contributed by atoms with Gasteiger partial charge in [0.25, 0.3) is 0 Å². The van der Waals surface area contributed by atoms with Gasteiger partial charge >= 0.3 is 18.5 Å². The van der Waals surface area contributed by atoms with E-state index in [1.54, 1.807) is 28.3 Å². The number of rotatable bonds is 13. The van der Waals surface area contributed by atoms with Crippen LogP contribution in [0.5, 0.6) is 11.5 Å². The van der Waals surface area contributed by atoms with Crippen LogP contribution in [0.2, 0.25) is 0 Å². The smallest absolute Gasteiger partial charge is 0.464 e. The number of alkyl carbamates (subject to hydrolysis) is 2. The van der Waals surface area contributed by atoms with E-state index in [1.807, 2.05) is 62.7 Å².